The molecule has 0 saturated heterocycles. The van der Waals surface area contributed by atoms with Gasteiger partial charge in [-0.05, 0) is 24.6 Å². The van der Waals surface area contributed by atoms with E-state index in [1.807, 2.05) is 19.1 Å². The van der Waals surface area contributed by atoms with E-state index in [0.717, 1.165) is 11.3 Å². The van der Waals surface area contributed by atoms with E-state index < -0.39 is 0 Å². The third kappa shape index (κ3) is 2.85. The van der Waals surface area contributed by atoms with Crippen LogP contribution in [0.5, 0.6) is 0 Å². The topological polar surface area (TPSA) is 57.8 Å². The van der Waals surface area contributed by atoms with E-state index in [-0.39, 0.29) is 5.91 Å². The van der Waals surface area contributed by atoms with E-state index >= 15 is 0 Å². The largest absolute Gasteiger partial charge is 0.348 e. The fraction of sp³-hybridized carbons (Fsp3) is 0.167. The number of nitrogens with zero attached hydrogens (tertiary/aromatic N) is 1. The first-order chi connectivity index (χ1) is 8.16. The van der Waals surface area contributed by atoms with Crippen molar-refractivity contribution in [3.8, 4) is 0 Å². The molecule has 1 aromatic heterocycles. The van der Waals surface area contributed by atoms with Crippen LogP contribution in [0.1, 0.15) is 21.7 Å². The minimum atomic E-state index is -0.182. The first kappa shape index (κ1) is 11.7. The predicted octanol–water partition coefficient (Wildman–Crippen LogP) is 2.30. The quantitative estimate of drug-likeness (QED) is 0.877. The Kier molecular flexibility index (Phi) is 3.44. The van der Waals surface area contributed by atoms with Crippen LogP contribution in [0.15, 0.2) is 30.6 Å². The standard InChI is InChI=1S/C12H12ClN3O/c1-8-11(16-7-15-8)12(17)14-6-9-2-4-10(13)5-3-9/h2-5,7H,6H2,1H3,(H,14,17)(H,15,16). The Balaban J connectivity index is 1.97. The van der Waals surface area contributed by atoms with Gasteiger partial charge in [-0.3, -0.25) is 4.79 Å². The second kappa shape index (κ2) is 5.01. The highest BCUT2D eigenvalue weighted by Gasteiger charge is 2.10. The molecule has 88 valence electrons. The highest BCUT2D eigenvalue weighted by atomic mass is 35.5. The molecule has 4 nitrogen and oxygen atoms in total. The maximum Gasteiger partial charge on any atom is 0.272 e. The van der Waals surface area contributed by atoms with E-state index in [0.29, 0.717) is 17.3 Å². The molecule has 2 rings (SSSR count). The second-order valence-electron chi connectivity index (χ2n) is 3.69. The number of nitrogens with one attached hydrogen (secondary N) is 2. The van der Waals surface area contributed by atoms with Crippen molar-refractivity contribution in [2.75, 3.05) is 0 Å². The maximum absolute atomic E-state index is 11.7. The van der Waals surface area contributed by atoms with Gasteiger partial charge in [0.05, 0.1) is 6.33 Å². The fourth-order valence-electron chi connectivity index (χ4n) is 1.46. The number of rotatable bonds is 3. The number of hydrogen-bond donors (Lipinski definition) is 2. The molecule has 0 aliphatic rings. The molecule has 0 aliphatic heterocycles. The van der Waals surface area contributed by atoms with Gasteiger partial charge in [-0.1, -0.05) is 23.7 Å². The third-order valence-electron chi connectivity index (χ3n) is 2.41. The summed E-state index contributed by atoms with van der Waals surface area (Å²) in [7, 11) is 0. The van der Waals surface area contributed by atoms with Gasteiger partial charge in [0, 0.05) is 17.3 Å². The molecule has 1 aromatic carbocycles. The number of halogens is 1. The molecule has 5 heteroatoms. The molecule has 0 unspecified atom stereocenters. The lowest BCUT2D eigenvalue weighted by Crippen LogP contribution is -2.23. The van der Waals surface area contributed by atoms with Gasteiger partial charge >= 0.3 is 0 Å². The third-order valence-corrected chi connectivity index (χ3v) is 2.66. The van der Waals surface area contributed by atoms with E-state index in [1.54, 1.807) is 12.1 Å². The average molecular weight is 250 g/mol. The van der Waals surface area contributed by atoms with Crippen molar-refractivity contribution in [3.05, 3.63) is 52.6 Å². The Bertz CT molecular complexity index is 519. The number of benzene rings is 1. The van der Waals surface area contributed by atoms with E-state index in [4.69, 9.17) is 11.6 Å². The van der Waals surface area contributed by atoms with Crippen LogP contribution in [0.2, 0.25) is 5.02 Å². The Morgan fingerprint density at radius 1 is 1.41 bits per heavy atom. The number of H-pyrrole nitrogens is 1. The summed E-state index contributed by atoms with van der Waals surface area (Å²) in [4.78, 5) is 18.6. The molecule has 0 aliphatic carbocycles. The van der Waals surface area contributed by atoms with Crippen LogP contribution in [-0.2, 0) is 6.54 Å². The number of carbonyl (C=O) groups is 1. The Labute approximate surface area is 104 Å². The van der Waals surface area contributed by atoms with Crippen LogP contribution in [0, 0.1) is 6.92 Å². The van der Waals surface area contributed by atoms with E-state index in [1.165, 1.54) is 6.33 Å². The lowest BCUT2D eigenvalue weighted by atomic mass is 10.2. The smallest absolute Gasteiger partial charge is 0.272 e. The maximum atomic E-state index is 11.7. The van der Waals surface area contributed by atoms with Gasteiger partial charge < -0.3 is 10.3 Å². The minimum absolute atomic E-state index is 0.182. The van der Waals surface area contributed by atoms with Crippen LogP contribution in [0.4, 0.5) is 0 Å². The Hall–Kier alpha value is -1.81. The zero-order chi connectivity index (χ0) is 12.3. The number of carbonyl (C=O) groups excluding carboxylic acids is 1. The lowest BCUT2D eigenvalue weighted by Gasteiger charge is -2.04. The molecule has 0 fully saturated rings. The highest BCUT2D eigenvalue weighted by molar-refractivity contribution is 6.30. The van der Waals surface area contributed by atoms with Gasteiger partial charge in [0.2, 0.25) is 0 Å². The zero-order valence-electron chi connectivity index (χ0n) is 9.33. The van der Waals surface area contributed by atoms with Crippen LogP contribution >= 0.6 is 11.6 Å². The lowest BCUT2D eigenvalue weighted by molar-refractivity contribution is 0.0946. The molecule has 0 saturated carbocycles. The number of aromatic nitrogens is 2. The number of amides is 1. The van der Waals surface area contributed by atoms with Gasteiger partial charge in [-0.25, -0.2) is 4.98 Å². The molecule has 0 bridgehead atoms. The molecular formula is C12H12ClN3O. The zero-order valence-corrected chi connectivity index (χ0v) is 10.1. The number of aromatic amines is 1. The summed E-state index contributed by atoms with van der Waals surface area (Å²) in [5.74, 6) is -0.182. The van der Waals surface area contributed by atoms with Crippen molar-refractivity contribution in [1.29, 1.82) is 0 Å². The first-order valence-corrected chi connectivity index (χ1v) is 5.57. The van der Waals surface area contributed by atoms with E-state index in [9.17, 15) is 4.79 Å². The summed E-state index contributed by atoms with van der Waals surface area (Å²) < 4.78 is 0. The van der Waals surface area contributed by atoms with Gasteiger partial charge in [0.15, 0.2) is 0 Å². The molecule has 0 atom stereocenters. The monoisotopic (exact) mass is 249 g/mol. The second-order valence-corrected chi connectivity index (χ2v) is 4.12. The summed E-state index contributed by atoms with van der Waals surface area (Å²) >= 11 is 5.77. The fourth-order valence-corrected chi connectivity index (χ4v) is 1.58. The van der Waals surface area contributed by atoms with Gasteiger partial charge in [-0.15, -0.1) is 0 Å². The molecule has 0 radical (unpaired) electrons. The van der Waals surface area contributed by atoms with Crippen LogP contribution in [0.3, 0.4) is 0 Å². The van der Waals surface area contributed by atoms with Crippen molar-refractivity contribution >= 4 is 17.5 Å². The molecular weight excluding hydrogens is 238 g/mol. The average Bonchev–Trinajstić information content (AvgIpc) is 2.74. The van der Waals surface area contributed by atoms with Crippen molar-refractivity contribution < 1.29 is 4.79 Å². The van der Waals surface area contributed by atoms with Crippen LogP contribution in [-0.4, -0.2) is 15.9 Å². The first-order valence-electron chi connectivity index (χ1n) is 5.19. The number of aryl methyl sites for hydroxylation is 1. The van der Waals surface area contributed by atoms with Gasteiger partial charge in [0.1, 0.15) is 5.69 Å². The van der Waals surface area contributed by atoms with Crippen molar-refractivity contribution in [2.45, 2.75) is 13.5 Å². The number of hydrogen-bond acceptors (Lipinski definition) is 2. The molecule has 1 heterocycles. The van der Waals surface area contributed by atoms with Crippen molar-refractivity contribution in [1.82, 2.24) is 15.3 Å². The highest BCUT2D eigenvalue weighted by Crippen LogP contribution is 2.09. The van der Waals surface area contributed by atoms with Gasteiger partial charge in [-0.2, -0.15) is 0 Å². The summed E-state index contributed by atoms with van der Waals surface area (Å²) in [5, 5.41) is 3.48. The SMILES string of the molecule is Cc1[nH]cnc1C(=O)NCc1ccc(Cl)cc1. The minimum Gasteiger partial charge on any atom is -0.348 e. The van der Waals surface area contributed by atoms with Crippen molar-refractivity contribution in [2.24, 2.45) is 0 Å². The molecule has 2 N–H and O–H groups in total. The molecule has 17 heavy (non-hydrogen) atoms. The van der Waals surface area contributed by atoms with E-state index in [2.05, 4.69) is 15.3 Å². The van der Waals surface area contributed by atoms with Crippen LogP contribution < -0.4 is 5.32 Å². The molecule has 0 spiro atoms. The Morgan fingerprint density at radius 2 is 2.12 bits per heavy atom. The molecule has 2 aromatic rings. The predicted molar refractivity (Wildman–Crippen MR) is 65.9 cm³/mol. The van der Waals surface area contributed by atoms with Crippen molar-refractivity contribution in [3.63, 3.8) is 0 Å². The summed E-state index contributed by atoms with van der Waals surface area (Å²) in [6.45, 7) is 2.27. The summed E-state index contributed by atoms with van der Waals surface area (Å²) in [6, 6.07) is 7.34. The summed E-state index contributed by atoms with van der Waals surface area (Å²) in [6.07, 6.45) is 1.51. The normalized spacial score (nSPS) is 10.2. The molecule has 1 amide bonds. The number of imidazole rings is 1. The van der Waals surface area contributed by atoms with Gasteiger partial charge in [0.25, 0.3) is 5.91 Å². The Morgan fingerprint density at radius 3 is 2.71 bits per heavy atom. The summed E-state index contributed by atoms with van der Waals surface area (Å²) in [5.41, 5.74) is 2.19. The van der Waals surface area contributed by atoms with Crippen LogP contribution in [0.25, 0.3) is 0 Å².